The van der Waals surface area contributed by atoms with Gasteiger partial charge in [0, 0.05) is 0 Å². The van der Waals surface area contributed by atoms with Crippen molar-refractivity contribution in [3.63, 3.8) is 0 Å². The third-order valence-electron chi connectivity index (χ3n) is 2.57. The van der Waals surface area contributed by atoms with Gasteiger partial charge in [-0.15, -0.1) is 0 Å². The molecular formula is C9H8N4O7. The number of hydrogen-bond acceptors (Lipinski definition) is 7. The first kappa shape index (κ1) is 14.8. The van der Waals surface area contributed by atoms with Crippen molar-refractivity contribution in [1.29, 1.82) is 0 Å². The van der Waals surface area contributed by atoms with Crippen LogP contribution >= 0.6 is 0 Å². The van der Waals surface area contributed by atoms with Gasteiger partial charge in [-0.1, -0.05) is 0 Å². The third kappa shape index (κ3) is 2.07. The van der Waals surface area contributed by atoms with Crippen LogP contribution in [-0.4, -0.2) is 26.8 Å². The van der Waals surface area contributed by atoms with Gasteiger partial charge in [-0.3, -0.25) is 25.0 Å². The van der Waals surface area contributed by atoms with E-state index in [1.54, 1.807) is 0 Å². The summed E-state index contributed by atoms with van der Waals surface area (Å²) in [4.78, 5) is 41.8. The number of carbonyl (C=O) groups is 2. The van der Waals surface area contributed by atoms with Crippen molar-refractivity contribution < 1.29 is 24.5 Å². The van der Waals surface area contributed by atoms with Gasteiger partial charge in [-0.05, 0) is 12.5 Å². The summed E-state index contributed by atoms with van der Waals surface area (Å²) in [6, 6.07) is 0. The molecule has 0 saturated carbocycles. The van der Waals surface area contributed by atoms with E-state index in [1.165, 1.54) is 0 Å². The van der Waals surface area contributed by atoms with Crippen molar-refractivity contribution in [2.24, 2.45) is 5.73 Å². The number of nitro benzene ring substituents is 2. The zero-order chi connectivity index (χ0) is 15.8. The van der Waals surface area contributed by atoms with E-state index in [0.29, 0.717) is 0 Å². The van der Waals surface area contributed by atoms with Crippen LogP contribution in [0.3, 0.4) is 0 Å². The van der Waals surface area contributed by atoms with Gasteiger partial charge in [0.2, 0.25) is 5.56 Å². The highest BCUT2D eigenvalue weighted by Crippen LogP contribution is 2.40. The number of rotatable bonds is 4. The molecule has 0 fully saturated rings. The molecule has 0 atom stereocenters. The maximum absolute atomic E-state index is 11.3. The van der Waals surface area contributed by atoms with Crippen LogP contribution in [0.4, 0.5) is 17.1 Å². The highest BCUT2D eigenvalue weighted by molar-refractivity contribution is 6.09. The van der Waals surface area contributed by atoms with E-state index in [0.717, 1.165) is 6.92 Å². The Hall–Kier alpha value is -3.24. The molecule has 11 nitrogen and oxygen atoms in total. The molecule has 0 aliphatic carbocycles. The van der Waals surface area contributed by atoms with Gasteiger partial charge in [0.15, 0.2) is 0 Å². The van der Waals surface area contributed by atoms with E-state index < -0.39 is 49.9 Å². The molecule has 0 aliphatic heterocycles. The van der Waals surface area contributed by atoms with E-state index in [-0.39, 0.29) is 5.56 Å². The Morgan fingerprint density at radius 1 is 1.10 bits per heavy atom. The fourth-order valence-electron chi connectivity index (χ4n) is 1.74. The van der Waals surface area contributed by atoms with Crippen LogP contribution in [-0.2, 0) is 0 Å². The van der Waals surface area contributed by atoms with Gasteiger partial charge in [-0.2, -0.15) is 0 Å². The third-order valence-corrected chi connectivity index (χ3v) is 2.57. The maximum Gasteiger partial charge on any atom is 0.350 e. The molecule has 0 spiro atoms. The summed E-state index contributed by atoms with van der Waals surface area (Å²) in [5.74, 6) is -3.27. The molecule has 5 N–H and O–H groups in total. The van der Waals surface area contributed by atoms with Gasteiger partial charge >= 0.3 is 17.3 Å². The normalized spacial score (nSPS) is 10.1. The minimum Gasteiger partial charge on any atom is -0.477 e. The zero-order valence-corrected chi connectivity index (χ0v) is 9.95. The molecule has 106 valence electrons. The lowest BCUT2D eigenvalue weighted by molar-refractivity contribution is -0.394. The smallest absolute Gasteiger partial charge is 0.350 e. The van der Waals surface area contributed by atoms with Crippen LogP contribution in [0, 0.1) is 27.2 Å². The molecule has 1 amide bonds. The largest absolute Gasteiger partial charge is 0.477 e. The number of nitrogens with zero attached hydrogens (tertiary/aromatic N) is 2. The molecule has 1 aromatic carbocycles. The molecule has 0 heterocycles. The Bertz CT molecular complexity index is 610. The minimum atomic E-state index is -1.96. The molecule has 0 unspecified atom stereocenters. The topological polar surface area (TPSA) is 193 Å². The van der Waals surface area contributed by atoms with Crippen molar-refractivity contribution in [3.05, 3.63) is 36.9 Å². The lowest BCUT2D eigenvalue weighted by Crippen LogP contribution is -2.20. The molecule has 0 aromatic heterocycles. The second-order valence-corrected chi connectivity index (χ2v) is 3.67. The van der Waals surface area contributed by atoms with Crippen molar-refractivity contribution >= 4 is 28.9 Å². The predicted molar refractivity (Wildman–Crippen MR) is 64.4 cm³/mol. The van der Waals surface area contributed by atoms with Crippen LogP contribution < -0.4 is 11.5 Å². The van der Waals surface area contributed by atoms with Gasteiger partial charge in [0.1, 0.15) is 11.3 Å². The average Bonchev–Trinajstić information content (AvgIpc) is 2.29. The summed E-state index contributed by atoms with van der Waals surface area (Å²) in [7, 11) is 0. The molecular weight excluding hydrogens is 276 g/mol. The van der Waals surface area contributed by atoms with Crippen molar-refractivity contribution in [3.8, 4) is 0 Å². The maximum atomic E-state index is 11.3. The number of nitrogen functional groups attached to an aromatic ring is 1. The van der Waals surface area contributed by atoms with Crippen LogP contribution in [0.5, 0.6) is 0 Å². The number of nitrogens with two attached hydrogens (primary N) is 2. The average molecular weight is 284 g/mol. The number of primary amides is 1. The molecule has 20 heavy (non-hydrogen) atoms. The number of aromatic carboxylic acids is 1. The second kappa shape index (κ2) is 4.79. The molecule has 1 aromatic rings. The van der Waals surface area contributed by atoms with Crippen molar-refractivity contribution in [1.82, 2.24) is 0 Å². The second-order valence-electron chi connectivity index (χ2n) is 3.67. The molecule has 11 heteroatoms. The quantitative estimate of drug-likeness (QED) is 0.395. The van der Waals surface area contributed by atoms with E-state index >= 15 is 0 Å². The summed E-state index contributed by atoms with van der Waals surface area (Å²) >= 11 is 0. The monoisotopic (exact) mass is 284 g/mol. The molecule has 0 radical (unpaired) electrons. The molecule has 0 saturated heterocycles. The predicted octanol–water partition coefficient (Wildman–Crippen LogP) is 0.191. The van der Waals surface area contributed by atoms with Crippen LogP contribution in [0.25, 0.3) is 0 Å². The van der Waals surface area contributed by atoms with Crippen LogP contribution in [0.1, 0.15) is 26.3 Å². The van der Waals surface area contributed by atoms with Crippen LogP contribution in [0.2, 0.25) is 0 Å². The highest BCUT2D eigenvalue weighted by Gasteiger charge is 2.40. The zero-order valence-electron chi connectivity index (χ0n) is 9.95. The lowest BCUT2D eigenvalue weighted by atomic mass is 9.97. The number of nitro groups is 2. The number of carbonyl (C=O) groups excluding carboxylic acids is 1. The SMILES string of the molecule is Cc1c(N)c([N+](=O)[O-])c(C(=O)O)c([N+](=O)[O-])c1C(N)=O. The van der Waals surface area contributed by atoms with E-state index in [9.17, 15) is 29.8 Å². The Morgan fingerprint density at radius 3 is 1.85 bits per heavy atom. The highest BCUT2D eigenvalue weighted by atomic mass is 16.6. The Morgan fingerprint density at radius 2 is 1.55 bits per heavy atom. The standard InChI is InChI=1S/C9H8N4O7/c1-2-3(8(11)14)6(12(17)18)4(9(15)16)7(5(2)10)13(19)20/h10H2,1H3,(H2,11,14)(H,15,16). The molecule has 1 rings (SSSR count). The number of benzene rings is 1. The number of carboxylic acid groups (broad SMARTS) is 1. The van der Waals surface area contributed by atoms with E-state index in [4.69, 9.17) is 16.6 Å². The van der Waals surface area contributed by atoms with Crippen molar-refractivity contribution in [2.75, 3.05) is 5.73 Å². The minimum absolute atomic E-state index is 0.319. The number of hydrogen-bond donors (Lipinski definition) is 3. The van der Waals surface area contributed by atoms with Gasteiger partial charge in [-0.25, -0.2) is 4.79 Å². The number of anilines is 1. The van der Waals surface area contributed by atoms with Gasteiger partial charge < -0.3 is 16.6 Å². The van der Waals surface area contributed by atoms with E-state index in [1.807, 2.05) is 0 Å². The van der Waals surface area contributed by atoms with E-state index in [2.05, 4.69) is 0 Å². The summed E-state index contributed by atoms with van der Waals surface area (Å²) in [5.41, 5.74) is 4.93. The number of carboxylic acids is 1. The summed E-state index contributed by atoms with van der Waals surface area (Å²) < 4.78 is 0. The molecule has 0 bridgehead atoms. The Labute approximate surface area is 110 Å². The Balaban J connectivity index is 4.14. The van der Waals surface area contributed by atoms with Gasteiger partial charge in [0.25, 0.3) is 5.91 Å². The summed E-state index contributed by atoms with van der Waals surface area (Å²) in [5, 5.41) is 30.8. The first-order valence-electron chi connectivity index (χ1n) is 4.89. The van der Waals surface area contributed by atoms with Crippen molar-refractivity contribution in [2.45, 2.75) is 6.92 Å². The Kier molecular flexibility index (Phi) is 3.55. The lowest BCUT2D eigenvalue weighted by Gasteiger charge is -2.10. The molecule has 0 aliphatic rings. The van der Waals surface area contributed by atoms with Crippen LogP contribution in [0.15, 0.2) is 0 Å². The first-order chi connectivity index (χ1) is 9.11. The summed E-state index contributed by atoms with van der Waals surface area (Å²) in [6.07, 6.45) is 0. The summed E-state index contributed by atoms with van der Waals surface area (Å²) in [6.45, 7) is 1.10. The fourth-order valence-corrected chi connectivity index (χ4v) is 1.74. The van der Waals surface area contributed by atoms with Gasteiger partial charge in [0.05, 0.1) is 9.85 Å². The fraction of sp³-hybridized carbons (Fsp3) is 0.111. The number of amides is 1. The first-order valence-corrected chi connectivity index (χ1v) is 4.89.